The first-order valence-corrected chi connectivity index (χ1v) is 9.30. The Hall–Kier alpha value is -2.07. The van der Waals surface area contributed by atoms with E-state index in [9.17, 15) is 4.79 Å². The summed E-state index contributed by atoms with van der Waals surface area (Å²) in [5, 5.41) is 1.47. The van der Waals surface area contributed by atoms with E-state index < -0.39 is 0 Å². The molecule has 0 spiro atoms. The van der Waals surface area contributed by atoms with Crippen molar-refractivity contribution in [2.75, 3.05) is 0 Å². The monoisotopic (exact) mass is 338 g/mol. The van der Waals surface area contributed by atoms with Crippen LogP contribution in [0.1, 0.15) is 37.8 Å². The van der Waals surface area contributed by atoms with Gasteiger partial charge in [-0.25, -0.2) is 4.98 Å². The quantitative estimate of drug-likeness (QED) is 0.493. The number of fused-ring (bicyclic) bond motifs is 1. The van der Waals surface area contributed by atoms with Crippen LogP contribution in [0, 0.1) is 0 Å². The van der Waals surface area contributed by atoms with Crippen LogP contribution in [0.15, 0.2) is 58.5 Å². The molecule has 0 fully saturated rings. The topological polar surface area (TPSA) is 34.9 Å². The lowest BCUT2D eigenvalue weighted by Gasteiger charge is -2.11. The minimum atomic E-state index is 0.0424. The average Bonchev–Trinajstić information content (AvgIpc) is 2.60. The van der Waals surface area contributed by atoms with E-state index in [0.717, 1.165) is 16.4 Å². The van der Waals surface area contributed by atoms with Crippen LogP contribution in [0.25, 0.3) is 10.9 Å². The molecule has 0 unspecified atom stereocenters. The fraction of sp³-hybridized carbons (Fsp3) is 0.300. The first-order chi connectivity index (χ1) is 11.6. The fourth-order valence-electron chi connectivity index (χ4n) is 2.68. The Morgan fingerprint density at radius 3 is 2.46 bits per heavy atom. The Morgan fingerprint density at radius 2 is 1.79 bits per heavy atom. The van der Waals surface area contributed by atoms with E-state index in [1.165, 1.54) is 11.1 Å². The van der Waals surface area contributed by atoms with E-state index in [4.69, 9.17) is 4.98 Å². The number of para-hydroxylation sites is 1. The summed E-state index contributed by atoms with van der Waals surface area (Å²) in [6.45, 7) is 7.01. The molecular weight excluding hydrogens is 316 g/mol. The van der Waals surface area contributed by atoms with Crippen LogP contribution in [0.4, 0.5) is 0 Å². The van der Waals surface area contributed by atoms with Crippen molar-refractivity contribution in [3.8, 4) is 0 Å². The fourth-order valence-corrected chi connectivity index (χ4v) is 3.70. The summed E-state index contributed by atoms with van der Waals surface area (Å²) in [5.74, 6) is 1.35. The standard InChI is InChI=1S/C20H22N2OS/c1-4-22-19(23)17-7-5-6-8-18(17)21-20(22)24-13-15-9-11-16(12-10-15)14(2)3/h5-12,14H,4,13H2,1-3H3. The highest BCUT2D eigenvalue weighted by molar-refractivity contribution is 7.98. The van der Waals surface area contributed by atoms with Gasteiger partial charge in [0.05, 0.1) is 10.9 Å². The number of nitrogens with zero attached hydrogens (tertiary/aromatic N) is 2. The summed E-state index contributed by atoms with van der Waals surface area (Å²) in [6.07, 6.45) is 0. The summed E-state index contributed by atoms with van der Waals surface area (Å²) >= 11 is 1.62. The molecule has 0 radical (unpaired) electrons. The molecular formula is C20H22N2OS. The normalized spacial score (nSPS) is 11.3. The lowest BCUT2D eigenvalue weighted by molar-refractivity contribution is 0.634. The molecule has 1 aromatic heterocycles. The minimum Gasteiger partial charge on any atom is -0.287 e. The minimum absolute atomic E-state index is 0.0424. The smallest absolute Gasteiger partial charge is 0.262 e. The first kappa shape index (κ1) is 16.8. The van der Waals surface area contributed by atoms with Crippen molar-refractivity contribution in [3.63, 3.8) is 0 Å². The third kappa shape index (κ3) is 3.39. The zero-order valence-corrected chi connectivity index (χ0v) is 15.1. The van der Waals surface area contributed by atoms with Crippen molar-refractivity contribution in [3.05, 3.63) is 70.0 Å². The largest absolute Gasteiger partial charge is 0.287 e. The number of hydrogen-bond acceptors (Lipinski definition) is 3. The maximum absolute atomic E-state index is 12.6. The van der Waals surface area contributed by atoms with Crippen LogP contribution >= 0.6 is 11.8 Å². The van der Waals surface area contributed by atoms with Crippen molar-refractivity contribution in [2.45, 2.75) is 44.1 Å². The van der Waals surface area contributed by atoms with Gasteiger partial charge in [0, 0.05) is 12.3 Å². The molecule has 0 N–H and O–H groups in total. The second-order valence-corrected chi connectivity index (χ2v) is 7.09. The van der Waals surface area contributed by atoms with E-state index in [2.05, 4.69) is 38.1 Å². The second-order valence-electron chi connectivity index (χ2n) is 6.15. The molecule has 0 bridgehead atoms. The van der Waals surface area contributed by atoms with Gasteiger partial charge in [0.25, 0.3) is 5.56 Å². The number of thioether (sulfide) groups is 1. The maximum Gasteiger partial charge on any atom is 0.262 e. The Labute approximate surface area is 146 Å². The van der Waals surface area contributed by atoms with Crippen molar-refractivity contribution in [1.29, 1.82) is 0 Å². The number of hydrogen-bond donors (Lipinski definition) is 0. The Kier molecular flexibility index (Phi) is 5.05. The highest BCUT2D eigenvalue weighted by Crippen LogP contribution is 2.23. The third-order valence-electron chi connectivity index (χ3n) is 4.16. The highest BCUT2D eigenvalue weighted by Gasteiger charge is 2.10. The molecule has 0 amide bonds. The molecule has 24 heavy (non-hydrogen) atoms. The molecule has 2 aromatic carbocycles. The van der Waals surface area contributed by atoms with Gasteiger partial charge in [0.2, 0.25) is 0 Å². The van der Waals surface area contributed by atoms with Gasteiger partial charge in [-0.15, -0.1) is 0 Å². The van der Waals surface area contributed by atoms with Crippen LogP contribution in [0.5, 0.6) is 0 Å². The van der Waals surface area contributed by atoms with Crippen LogP contribution < -0.4 is 5.56 Å². The van der Waals surface area contributed by atoms with Crippen LogP contribution in [0.3, 0.4) is 0 Å². The predicted octanol–water partition coefficient (Wildman–Crippen LogP) is 4.83. The molecule has 124 valence electrons. The van der Waals surface area contributed by atoms with Crippen LogP contribution in [-0.2, 0) is 12.3 Å². The predicted molar refractivity (Wildman–Crippen MR) is 102 cm³/mol. The van der Waals surface area contributed by atoms with Gasteiger partial charge < -0.3 is 0 Å². The summed E-state index contributed by atoms with van der Waals surface area (Å²) in [7, 11) is 0. The van der Waals surface area contributed by atoms with E-state index in [1.807, 2.05) is 31.2 Å². The Morgan fingerprint density at radius 1 is 1.08 bits per heavy atom. The van der Waals surface area contributed by atoms with Gasteiger partial charge in [0.15, 0.2) is 5.16 Å². The van der Waals surface area contributed by atoms with Gasteiger partial charge in [-0.2, -0.15) is 0 Å². The van der Waals surface area contributed by atoms with E-state index >= 15 is 0 Å². The van der Waals surface area contributed by atoms with Crippen molar-refractivity contribution in [1.82, 2.24) is 9.55 Å². The molecule has 0 aliphatic heterocycles. The molecule has 0 saturated carbocycles. The highest BCUT2D eigenvalue weighted by atomic mass is 32.2. The molecule has 0 aliphatic carbocycles. The number of benzene rings is 2. The van der Waals surface area contributed by atoms with Crippen molar-refractivity contribution < 1.29 is 0 Å². The van der Waals surface area contributed by atoms with Crippen LogP contribution in [-0.4, -0.2) is 9.55 Å². The lowest BCUT2D eigenvalue weighted by atomic mass is 10.0. The van der Waals surface area contributed by atoms with Crippen molar-refractivity contribution >= 4 is 22.7 Å². The van der Waals surface area contributed by atoms with Gasteiger partial charge in [-0.1, -0.05) is 62.0 Å². The van der Waals surface area contributed by atoms with Gasteiger partial charge in [-0.3, -0.25) is 9.36 Å². The maximum atomic E-state index is 12.6. The molecule has 1 heterocycles. The summed E-state index contributed by atoms with van der Waals surface area (Å²) < 4.78 is 1.76. The second kappa shape index (κ2) is 7.22. The molecule has 0 aliphatic rings. The van der Waals surface area contributed by atoms with Crippen molar-refractivity contribution in [2.24, 2.45) is 0 Å². The number of aromatic nitrogens is 2. The zero-order chi connectivity index (χ0) is 17.1. The Bertz CT molecular complexity index is 898. The molecule has 4 heteroatoms. The average molecular weight is 338 g/mol. The van der Waals surface area contributed by atoms with E-state index in [-0.39, 0.29) is 5.56 Å². The lowest BCUT2D eigenvalue weighted by Crippen LogP contribution is -2.22. The van der Waals surface area contributed by atoms with Crippen LogP contribution in [0.2, 0.25) is 0 Å². The summed E-state index contributed by atoms with van der Waals surface area (Å²) in [6, 6.07) is 16.2. The number of rotatable bonds is 5. The molecule has 0 atom stereocenters. The summed E-state index contributed by atoms with van der Waals surface area (Å²) in [4.78, 5) is 17.3. The molecule has 3 rings (SSSR count). The Balaban J connectivity index is 1.88. The molecule has 3 nitrogen and oxygen atoms in total. The van der Waals surface area contributed by atoms with E-state index in [0.29, 0.717) is 17.8 Å². The van der Waals surface area contributed by atoms with Gasteiger partial charge in [0.1, 0.15) is 0 Å². The SMILES string of the molecule is CCn1c(SCc2ccc(C(C)C)cc2)nc2ccccc2c1=O. The van der Waals surface area contributed by atoms with Gasteiger partial charge in [-0.05, 0) is 36.1 Å². The molecule has 3 aromatic rings. The first-order valence-electron chi connectivity index (χ1n) is 8.31. The van der Waals surface area contributed by atoms with E-state index in [1.54, 1.807) is 16.3 Å². The zero-order valence-electron chi connectivity index (χ0n) is 14.3. The van der Waals surface area contributed by atoms with Gasteiger partial charge >= 0.3 is 0 Å². The summed E-state index contributed by atoms with van der Waals surface area (Å²) in [5.41, 5.74) is 3.40. The molecule has 0 saturated heterocycles. The third-order valence-corrected chi connectivity index (χ3v) is 5.20.